The van der Waals surface area contributed by atoms with Crippen molar-refractivity contribution in [2.45, 2.75) is 6.42 Å². The minimum atomic E-state index is -0.625. The van der Waals surface area contributed by atoms with Crippen molar-refractivity contribution in [3.63, 3.8) is 0 Å². The van der Waals surface area contributed by atoms with E-state index < -0.39 is 11.6 Å². The number of ketones is 1. The fourth-order valence-corrected chi connectivity index (χ4v) is 1.57. The fraction of sp³-hybridized carbons (Fsp3) is 0.364. The molecule has 5 heteroatoms. The maximum atomic E-state index is 13.5. The van der Waals surface area contributed by atoms with E-state index in [4.69, 9.17) is 15.2 Å². The van der Waals surface area contributed by atoms with Crippen molar-refractivity contribution in [3.05, 3.63) is 23.5 Å². The van der Waals surface area contributed by atoms with E-state index in [2.05, 4.69) is 0 Å². The normalized spacial score (nSPS) is 14.4. The van der Waals surface area contributed by atoms with Crippen LogP contribution in [0.2, 0.25) is 0 Å². The minimum Gasteiger partial charge on any atom is -0.490 e. The van der Waals surface area contributed by atoms with E-state index in [1.165, 1.54) is 12.1 Å². The number of nitrogens with two attached hydrogens (primary N) is 1. The molecule has 1 aliphatic heterocycles. The average Bonchev–Trinajstić information content (AvgIpc) is 2.53. The van der Waals surface area contributed by atoms with Crippen molar-refractivity contribution in [2.24, 2.45) is 5.73 Å². The van der Waals surface area contributed by atoms with Gasteiger partial charge in [0.25, 0.3) is 0 Å². The molecule has 4 nitrogen and oxygen atoms in total. The van der Waals surface area contributed by atoms with Crippen LogP contribution in [0.3, 0.4) is 0 Å². The Morgan fingerprint density at radius 3 is 2.88 bits per heavy atom. The molecule has 0 fully saturated rings. The molecule has 16 heavy (non-hydrogen) atoms. The topological polar surface area (TPSA) is 61.6 Å². The van der Waals surface area contributed by atoms with Gasteiger partial charge in [-0.15, -0.1) is 0 Å². The van der Waals surface area contributed by atoms with Gasteiger partial charge in [-0.2, -0.15) is 0 Å². The molecular formula is C11H12FNO3. The fourth-order valence-electron chi connectivity index (χ4n) is 1.57. The predicted octanol–water partition coefficient (Wildman–Crippen LogP) is 1.13. The Balaban J connectivity index is 2.53. The molecule has 0 aliphatic carbocycles. The van der Waals surface area contributed by atoms with Gasteiger partial charge in [-0.3, -0.25) is 4.79 Å². The van der Waals surface area contributed by atoms with Gasteiger partial charge < -0.3 is 15.2 Å². The molecule has 0 spiro atoms. The summed E-state index contributed by atoms with van der Waals surface area (Å²) in [4.78, 5) is 11.5. The summed E-state index contributed by atoms with van der Waals surface area (Å²) in [6, 6.07) is 2.65. The quantitative estimate of drug-likeness (QED) is 0.766. The summed E-state index contributed by atoms with van der Waals surface area (Å²) in [5.41, 5.74) is 5.12. The van der Waals surface area contributed by atoms with Crippen LogP contribution in [0.1, 0.15) is 16.8 Å². The third kappa shape index (κ3) is 1.86. The van der Waals surface area contributed by atoms with Gasteiger partial charge in [-0.25, -0.2) is 4.39 Å². The van der Waals surface area contributed by atoms with Crippen LogP contribution in [0.4, 0.5) is 4.39 Å². The second-order valence-electron chi connectivity index (χ2n) is 3.43. The number of hydrogen-bond donors (Lipinski definition) is 1. The maximum absolute atomic E-state index is 13.5. The van der Waals surface area contributed by atoms with Crippen LogP contribution in [0.25, 0.3) is 0 Å². The number of Topliss-reactive ketones (excluding diaryl/α,β-unsaturated/α-hetero) is 1. The largest absolute Gasteiger partial charge is 0.490 e. The van der Waals surface area contributed by atoms with E-state index in [1.807, 2.05) is 0 Å². The third-order valence-electron chi connectivity index (χ3n) is 2.33. The number of carbonyl (C=O) groups is 1. The third-order valence-corrected chi connectivity index (χ3v) is 2.33. The van der Waals surface area contributed by atoms with Gasteiger partial charge in [0.05, 0.1) is 19.8 Å². The first-order valence-electron chi connectivity index (χ1n) is 5.05. The zero-order valence-corrected chi connectivity index (χ0v) is 8.66. The second-order valence-corrected chi connectivity index (χ2v) is 3.43. The Kier molecular flexibility index (Phi) is 3.05. The number of fused-ring (bicyclic) bond motifs is 1. The van der Waals surface area contributed by atoms with Crippen LogP contribution in [0.5, 0.6) is 11.5 Å². The first-order chi connectivity index (χ1) is 7.74. The summed E-state index contributed by atoms with van der Waals surface area (Å²) in [6.07, 6.45) is 0.701. The molecule has 0 unspecified atom stereocenters. The Labute approximate surface area is 92.1 Å². The number of rotatable bonds is 2. The van der Waals surface area contributed by atoms with Crippen LogP contribution in [-0.2, 0) is 0 Å². The lowest BCUT2D eigenvalue weighted by atomic mass is 10.1. The zero-order chi connectivity index (χ0) is 11.5. The van der Waals surface area contributed by atoms with E-state index in [1.54, 1.807) is 0 Å². The number of carbonyl (C=O) groups excluding carboxylic acids is 1. The molecule has 2 N–H and O–H groups in total. The molecule has 0 saturated heterocycles. The molecule has 0 atom stereocenters. The number of ether oxygens (including phenoxy) is 2. The van der Waals surface area contributed by atoms with E-state index >= 15 is 0 Å². The smallest absolute Gasteiger partial charge is 0.183 e. The molecule has 86 valence electrons. The van der Waals surface area contributed by atoms with Gasteiger partial charge in [0.15, 0.2) is 17.3 Å². The highest BCUT2D eigenvalue weighted by Crippen LogP contribution is 2.35. The molecule has 0 bridgehead atoms. The van der Waals surface area contributed by atoms with Gasteiger partial charge in [0.1, 0.15) is 11.4 Å². The second kappa shape index (κ2) is 4.49. The van der Waals surface area contributed by atoms with Crippen molar-refractivity contribution in [3.8, 4) is 11.5 Å². The van der Waals surface area contributed by atoms with Crippen molar-refractivity contribution in [1.29, 1.82) is 0 Å². The first-order valence-corrected chi connectivity index (χ1v) is 5.05. The minimum absolute atomic E-state index is 0.109. The highest BCUT2D eigenvalue weighted by Gasteiger charge is 2.22. The number of benzene rings is 1. The highest BCUT2D eigenvalue weighted by atomic mass is 19.1. The Hall–Kier alpha value is -1.62. The van der Waals surface area contributed by atoms with Crippen LogP contribution in [0.15, 0.2) is 12.1 Å². The van der Waals surface area contributed by atoms with Gasteiger partial charge in [-0.05, 0) is 12.1 Å². The lowest BCUT2D eigenvalue weighted by Gasteiger charge is -2.11. The van der Waals surface area contributed by atoms with Gasteiger partial charge in [0, 0.05) is 6.42 Å². The lowest BCUT2D eigenvalue weighted by molar-refractivity contribution is 0.0993. The van der Waals surface area contributed by atoms with Gasteiger partial charge in [-0.1, -0.05) is 0 Å². The monoisotopic (exact) mass is 225 g/mol. The van der Waals surface area contributed by atoms with E-state index in [-0.39, 0.29) is 17.9 Å². The number of hydrogen-bond acceptors (Lipinski definition) is 4. The Bertz CT molecular complexity index is 420. The van der Waals surface area contributed by atoms with Crippen LogP contribution >= 0.6 is 0 Å². The van der Waals surface area contributed by atoms with Crippen molar-refractivity contribution in [2.75, 3.05) is 19.8 Å². The van der Waals surface area contributed by atoms with E-state index in [0.717, 1.165) is 0 Å². The van der Waals surface area contributed by atoms with Crippen LogP contribution in [-0.4, -0.2) is 25.5 Å². The summed E-state index contributed by atoms with van der Waals surface area (Å²) in [7, 11) is 0. The van der Waals surface area contributed by atoms with Gasteiger partial charge >= 0.3 is 0 Å². The maximum Gasteiger partial charge on any atom is 0.183 e. The average molecular weight is 225 g/mol. The molecular weight excluding hydrogens is 213 g/mol. The molecule has 1 aromatic carbocycles. The molecule has 0 saturated carbocycles. The molecule has 1 heterocycles. The summed E-state index contributed by atoms with van der Waals surface area (Å²) >= 11 is 0. The Morgan fingerprint density at radius 1 is 1.38 bits per heavy atom. The van der Waals surface area contributed by atoms with Gasteiger partial charge in [0.2, 0.25) is 0 Å². The van der Waals surface area contributed by atoms with Crippen molar-refractivity contribution < 1.29 is 18.7 Å². The van der Waals surface area contributed by atoms with Crippen LogP contribution < -0.4 is 15.2 Å². The molecule has 0 amide bonds. The van der Waals surface area contributed by atoms with Crippen molar-refractivity contribution >= 4 is 5.78 Å². The van der Waals surface area contributed by atoms with E-state index in [9.17, 15) is 9.18 Å². The highest BCUT2D eigenvalue weighted by molar-refractivity contribution is 6.01. The summed E-state index contributed by atoms with van der Waals surface area (Å²) in [5.74, 6) is -0.539. The summed E-state index contributed by atoms with van der Waals surface area (Å²) in [5, 5.41) is 0. The SMILES string of the molecule is NCC(=O)c1c(F)ccc2c1OCCCO2. The molecule has 0 radical (unpaired) electrons. The van der Waals surface area contributed by atoms with Crippen LogP contribution in [0, 0.1) is 5.82 Å². The van der Waals surface area contributed by atoms with E-state index in [0.29, 0.717) is 25.4 Å². The summed E-state index contributed by atoms with van der Waals surface area (Å²) in [6.45, 7) is 0.646. The first kappa shape index (κ1) is 10.9. The molecule has 2 rings (SSSR count). The molecule has 1 aliphatic rings. The summed E-state index contributed by atoms with van der Waals surface area (Å²) < 4.78 is 24.2. The zero-order valence-electron chi connectivity index (χ0n) is 8.66. The Morgan fingerprint density at radius 2 is 2.12 bits per heavy atom. The molecule has 0 aromatic heterocycles. The van der Waals surface area contributed by atoms with Crippen molar-refractivity contribution in [1.82, 2.24) is 0 Å². The predicted molar refractivity (Wildman–Crippen MR) is 55.4 cm³/mol. The molecule has 1 aromatic rings. The lowest BCUT2D eigenvalue weighted by Crippen LogP contribution is -2.16. The standard InChI is InChI=1S/C11H12FNO3/c12-7-2-3-9-11(10(7)8(14)6-13)16-5-1-4-15-9/h2-3H,1,4-6,13H2. The number of halogens is 1.